The first kappa shape index (κ1) is 11.9. The molecule has 3 nitrogen and oxygen atoms in total. The van der Waals surface area contributed by atoms with Crippen LogP contribution in [0.3, 0.4) is 0 Å². The Hall–Kier alpha value is -2.20. The summed E-state index contributed by atoms with van der Waals surface area (Å²) in [5.41, 5.74) is 2.40. The molecule has 0 saturated heterocycles. The highest BCUT2D eigenvalue weighted by Crippen LogP contribution is 2.30. The van der Waals surface area contributed by atoms with Crippen molar-refractivity contribution in [1.82, 2.24) is 4.72 Å². The lowest BCUT2D eigenvalue weighted by Gasteiger charge is -2.17. The highest BCUT2D eigenvalue weighted by atomic mass is 32.2. The molecule has 0 saturated carbocycles. The number of nitrogens with one attached hydrogen (secondary N) is 2. The van der Waals surface area contributed by atoms with E-state index in [1.165, 1.54) is 11.9 Å². The molecule has 0 atom stereocenters. The summed E-state index contributed by atoms with van der Waals surface area (Å²) in [5, 5.41) is 2.90. The van der Waals surface area contributed by atoms with Crippen LogP contribution in [0, 0.1) is 0 Å². The second-order valence-corrected chi connectivity index (χ2v) is 4.97. The smallest absolute Gasteiger partial charge is 0.257 e. The van der Waals surface area contributed by atoms with Gasteiger partial charge in [0, 0.05) is 22.3 Å². The molecule has 0 radical (unpaired) electrons. The van der Waals surface area contributed by atoms with E-state index < -0.39 is 0 Å². The summed E-state index contributed by atoms with van der Waals surface area (Å²) < 4.78 is 3.05. The first-order chi connectivity index (χ1) is 9.34. The molecule has 1 aliphatic heterocycles. The van der Waals surface area contributed by atoms with Crippen LogP contribution in [0.2, 0.25) is 0 Å². The predicted octanol–water partition coefficient (Wildman–Crippen LogP) is 3.28. The fourth-order valence-electron chi connectivity index (χ4n) is 1.92. The zero-order valence-corrected chi connectivity index (χ0v) is 10.9. The van der Waals surface area contributed by atoms with Crippen LogP contribution in [-0.4, -0.2) is 5.91 Å². The molecule has 2 aromatic rings. The van der Waals surface area contributed by atoms with Gasteiger partial charge < -0.3 is 10.0 Å². The van der Waals surface area contributed by atoms with E-state index in [0.717, 1.165) is 16.1 Å². The Morgan fingerprint density at radius 2 is 1.74 bits per heavy atom. The fraction of sp³-hybridized carbons (Fsp3) is 0. The van der Waals surface area contributed by atoms with Crippen LogP contribution in [0.1, 0.15) is 5.56 Å². The molecule has 0 fully saturated rings. The maximum absolute atomic E-state index is 12.3. The number of fused-ring (bicyclic) bond motifs is 1. The number of carbonyl (C=O) groups excluding carboxylic acids is 1. The highest BCUT2D eigenvalue weighted by Gasteiger charge is 2.18. The van der Waals surface area contributed by atoms with Gasteiger partial charge in [-0.2, -0.15) is 0 Å². The topological polar surface area (TPSA) is 41.1 Å². The second kappa shape index (κ2) is 5.20. The van der Waals surface area contributed by atoms with Crippen LogP contribution in [0.5, 0.6) is 0 Å². The van der Waals surface area contributed by atoms with Crippen molar-refractivity contribution in [3.63, 3.8) is 0 Å². The third-order valence-corrected chi connectivity index (χ3v) is 3.64. The van der Waals surface area contributed by atoms with Gasteiger partial charge in [0.15, 0.2) is 0 Å². The number of para-hydroxylation sites is 1. The third kappa shape index (κ3) is 2.48. The molecule has 2 aromatic carbocycles. The molecular formula is C15H12N2OS. The molecule has 1 heterocycles. The molecule has 0 spiro atoms. The van der Waals surface area contributed by atoms with E-state index in [1.807, 2.05) is 54.6 Å². The Balaban J connectivity index is 1.87. The number of hydrogen-bond donors (Lipinski definition) is 2. The van der Waals surface area contributed by atoms with Gasteiger partial charge in [-0.05, 0) is 30.1 Å². The van der Waals surface area contributed by atoms with Crippen molar-refractivity contribution in [2.45, 2.75) is 4.90 Å². The van der Waals surface area contributed by atoms with Gasteiger partial charge in [0.25, 0.3) is 5.91 Å². The molecule has 4 heteroatoms. The molecule has 1 amide bonds. The molecule has 0 unspecified atom stereocenters. The van der Waals surface area contributed by atoms with Gasteiger partial charge in [0.05, 0.1) is 5.57 Å². The van der Waals surface area contributed by atoms with Crippen LogP contribution in [0.15, 0.2) is 65.7 Å². The number of carbonyl (C=O) groups is 1. The maximum atomic E-state index is 12.3. The molecule has 1 aliphatic rings. The minimum Gasteiger partial charge on any atom is -0.332 e. The Morgan fingerprint density at radius 3 is 2.58 bits per heavy atom. The van der Waals surface area contributed by atoms with Gasteiger partial charge in [-0.1, -0.05) is 36.4 Å². The molecular weight excluding hydrogens is 256 g/mol. The summed E-state index contributed by atoms with van der Waals surface area (Å²) in [4.78, 5) is 13.4. The van der Waals surface area contributed by atoms with E-state index >= 15 is 0 Å². The molecule has 0 aromatic heterocycles. The van der Waals surface area contributed by atoms with Crippen molar-refractivity contribution < 1.29 is 4.79 Å². The molecule has 94 valence electrons. The van der Waals surface area contributed by atoms with Crippen molar-refractivity contribution in [2.24, 2.45) is 0 Å². The Bertz CT molecular complexity index is 638. The van der Waals surface area contributed by atoms with Crippen molar-refractivity contribution >= 4 is 29.1 Å². The van der Waals surface area contributed by atoms with Gasteiger partial charge in [-0.25, -0.2) is 0 Å². The third-order valence-electron chi connectivity index (χ3n) is 2.83. The number of anilines is 1. The summed E-state index contributed by atoms with van der Waals surface area (Å²) in [7, 11) is 0. The molecule has 2 N–H and O–H groups in total. The van der Waals surface area contributed by atoms with E-state index in [4.69, 9.17) is 0 Å². The van der Waals surface area contributed by atoms with Gasteiger partial charge in [-0.3, -0.25) is 4.79 Å². The van der Waals surface area contributed by atoms with Crippen LogP contribution in [0.4, 0.5) is 5.69 Å². The summed E-state index contributed by atoms with van der Waals surface area (Å²) in [5.74, 6) is -0.105. The predicted molar refractivity (Wildman–Crippen MR) is 78.5 cm³/mol. The monoisotopic (exact) mass is 268 g/mol. The van der Waals surface area contributed by atoms with E-state index in [9.17, 15) is 4.79 Å². The van der Waals surface area contributed by atoms with E-state index in [1.54, 1.807) is 6.20 Å². The van der Waals surface area contributed by atoms with E-state index in [2.05, 4.69) is 10.0 Å². The summed E-state index contributed by atoms with van der Waals surface area (Å²) in [6.45, 7) is 0. The normalized spacial score (nSPS) is 12.9. The zero-order valence-electron chi connectivity index (χ0n) is 10.1. The van der Waals surface area contributed by atoms with Gasteiger partial charge in [0.1, 0.15) is 0 Å². The standard InChI is InChI=1S/C15H12N2OS/c18-15(17-11-6-2-1-3-7-11)13-10-16-19-14-9-5-4-8-12(13)14/h1-10,16H,(H,17,18). The average molecular weight is 268 g/mol. The lowest BCUT2D eigenvalue weighted by Crippen LogP contribution is -2.17. The Labute approximate surface area is 115 Å². The minimum atomic E-state index is -0.105. The quantitative estimate of drug-likeness (QED) is 0.821. The van der Waals surface area contributed by atoms with Crippen molar-refractivity contribution in [3.8, 4) is 0 Å². The van der Waals surface area contributed by atoms with Crippen molar-refractivity contribution in [3.05, 3.63) is 66.4 Å². The van der Waals surface area contributed by atoms with E-state index in [-0.39, 0.29) is 5.91 Å². The van der Waals surface area contributed by atoms with Gasteiger partial charge in [0.2, 0.25) is 0 Å². The second-order valence-electron chi connectivity index (χ2n) is 4.09. The van der Waals surface area contributed by atoms with Crippen molar-refractivity contribution in [2.75, 3.05) is 5.32 Å². The van der Waals surface area contributed by atoms with Crippen LogP contribution >= 0.6 is 11.9 Å². The Morgan fingerprint density at radius 1 is 1.00 bits per heavy atom. The number of amides is 1. The van der Waals surface area contributed by atoms with Gasteiger partial charge in [-0.15, -0.1) is 0 Å². The molecule has 3 rings (SSSR count). The van der Waals surface area contributed by atoms with Crippen LogP contribution in [0.25, 0.3) is 5.57 Å². The number of hydrogen-bond acceptors (Lipinski definition) is 3. The summed E-state index contributed by atoms with van der Waals surface area (Å²) >= 11 is 1.51. The van der Waals surface area contributed by atoms with Gasteiger partial charge >= 0.3 is 0 Å². The van der Waals surface area contributed by atoms with Crippen LogP contribution < -0.4 is 10.0 Å². The van der Waals surface area contributed by atoms with Crippen molar-refractivity contribution in [1.29, 1.82) is 0 Å². The summed E-state index contributed by atoms with van der Waals surface area (Å²) in [6.07, 6.45) is 1.74. The molecule has 19 heavy (non-hydrogen) atoms. The first-order valence-corrected chi connectivity index (χ1v) is 6.74. The number of benzene rings is 2. The molecule has 0 aliphatic carbocycles. The first-order valence-electron chi connectivity index (χ1n) is 5.93. The highest BCUT2D eigenvalue weighted by molar-refractivity contribution is 7.97. The van der Waals surface area contributed by atoms with E-state index in [0.29, 0.717) is 5.57 Å². The Kier molecular flexibility index (Phi) is 3.25. The fourth-order valence-corrected chi connectivity index (χ4v) is 2.65. The average Bonchev–Trinajstić information content (AvgIpc) is 2.47. The van der Waals surface area contributed by atoms with Crippen LogP contribution in [-0.2, 0) is 4.79 Å². The lowest BCUT2D eigenvalue weighted by atomic mass is 10.1. The lowest BCUT2D eigenvalue weighted by molar-refractivity contribution is -0.111. The largest absolute Gasteiger partial charge is 0.332 e. The SMILES string of the molecule is O=C(Nc1ccccc1)C1=CNSc2ccccc21. The maximum Gasteiger partial charge on any atom is 0.257 e. The number of rotatable bonds is 2. The zero-order chi connectivity index (χ0) is 13.1. The minimum absolute atomic E-state index is 0.105. The summed E-state index contributed by atoms with van der Waals surface area (Å²) in [6, 6.07) is 17.3. The molecule has 0 bridgehead atoms.